The van der Waals surface area contributed by atoms with E-state index in [2.05, 4.69) is 29.6 Å². The smallest absolute Gasteiger partial charge is 0.0718 e. The van der Waals surface area contributed by atoms with Crippen LogP contribution in [0.5, 0.6) is 0 Å². The van der Waals surface area contributed by atoms with E-state index in [-0.39, 0.29) is 6.04 Å². The minimum Gasteiger partial charge on any atom is -0.392 e. The molecule has 0 bridgehead atoms. The molecule has 0 amide bonds. The highest BCUT2D eigenvalue weighted by Crippen LogP contribution is 2.15. The number of benzene rings is 1. The van der Waals surface area contributed by atoms with Gasteiger partial charge >= 0.3 is 0 Å². The van der Waals surface area contributed by atoms with Gasteiger partial charge in [0.1, 0.15) is 0 Å². The minimum absolute atomic E-state index is 0.146. The van der Waals surface area contributed by atoms with E-state index in [1.54, 1.807) is 0 Å². The third-order valence-corrected chi connectivity index (χ3v) is 4.56. The molecule has 0 aliphatic carbocycles. The van der Waals surface area contributed by atoms with E-state index in [0.717, 1.165) is 24.3 Å². The first kappa shape index (κ1) is 14.9. The highest BCUT2D eigenvalue weighted by Gasteiger charge is 2.26. The fourth-order valence-corrected chi connectivity index (χ4v) is 3.40. The lowest BCUT2D eigenvalue weighted by Gasteiger charge is -2.31. The molecule has 1 aliphatic heterocycles. The molecule has 2 rings (SSSR count). The SMILES string of the molecule is OC1CNC(CCSCCc2ccccc2)C(O)C1. The van der Waals surface area contributed by atoms with Crippen LogP contribution >= 0.6 is 11.8 Å². The van der Waals surface area contributed by atoms with Crippen molar-refractivity contribution in [3.8, 4) is 0 Å². The number of nitrogens with one attached hydrogen (secondary N) is 1. The van der Waals surface area contributed by atoms with Gasteiger partial charge in [0.25, 0.3) is 0 Å². The Kier molecular flexibility index (Phi) is 6.17. The number of thioether (sulfide) groups is 1. The van der Waals surface area contributed by atoms with Crippen LogP contribution in [0, 0.1) is 0 Å². The van der Waals surface area contributed by atoms with Gasteiger partial charge < -0.3 is 15.5 Å². The summed E-state index contributed by atoms with van der Waals surface area (Å²) in [6.45, 7) is 0.608. The van der Waals surface area contributed by atoms with Gasteiger partial charge in [-0.15, -0.1) is 0 Å². The summed E-state index contributed by atoms with van der Waals surface area (Å²) in [5, 5.41) is 22.5. The van der Waals surface area contributed by atoms with E-state index in [0.29, 0.717) is 13.0 Å². The van der Waals surface area contributed by atoms with Gasteiger partial charge in [-0.2, -0.15) is 11.8 Å². The number of β-amino-alcohol motifs (C(OH)–C–C–N with tert-alkyl or cyclic N) is 1. The first-order valence-corrected chi connectivity index (χ1v) is 8.12. The maximum absolute atomic E-state index is 9.84. The van der Waals surface area contributed by atoms with Crippen molar-refractivity contribution in [3.05, 3.63) is 35.9 Å². The number of aryl methyl sites for hydroxylation is 1. The largest absolute Gasteiger partial charge is 0.392 e. The first-order chi connectivity index (χ1) is 9.25. The summed E-state index contributed by atoms with van der Waals surface area (Å²) < 4.78 is 0. The second-order valence-corrected chi connectivity index (χ2v) is 6.33. The van der Waals surface area contributed by atoms with Crippen LogP contribution in [0.1, 0.15) is 18.4 Å². The van der Waals surface area contributed by atoms with Gasteiger partial charge in [-0.1, -0.05) is 30.3 Å². The summed E-state index contributed by atoms with van der Waals surface area (Å²) >= 11 is 1.93. The quantitative estimate of drug-likeness (QED) is 0.691. The molecule has 4 heteroatoms. The van der Waals surface area contributed by atoms with Crippen LogP contribution < -0.4 is 5.32 Å². The minimum atomic E-state index is -0.404. The predicted molar refractivity (Wildman–Crippen MR) is 80.5 cm³/mol. The van der Waals surface area contributed by atoms with Crippen molar-refractivity contribution in [2.75, 3.05) is 18.1 Å². The highest BCUT2D eigenvalue weighted by molar-refractivity contribution is 7.99. The third kappa shape index (κ3) is 5.15. The molecule has 19 heavy (non-hydrogen) atoms. The summed E-state index contributed by atoms with van der Waals surface area (Å²) in [7, 11) is 0. The molecule has 0 saturated carbocycles. The van der Waals surface area contributed by atoms with Crippen LogP contribution in [0.25, 0.3) is 0 Å². The Bertz CT molecular complexity index is 360. The molecule has 1 aliphatic rings. The summed E-state index contributed by atoms with van der Waals surface area (Å²) in [5.74, 6) is 2.17. The van der Waals surface area contributed by atoms with Gasteiger partial charge in [-0.3, -0.25) is 0 Å². The zero-order valence-corrected chi connectivity index (χ0v) is 12.0. The fourth-order valence-electron chi connectivity index (χ4n) is 2.39. The van der Waals surface area contributed by atoms with E-state index in [1.165, 1.54) is 5.56 Å². The van der Waals surface area contributed by atoms with Crippen molar-refractivity contribution >= 4 is 11.8 Å². The van der Waals surface area contributed by atoms with Crippen molar-refractivity contribution in [1.29, 1.82) is 0 Å². The predicted octanol–water partition coefficient (Wildman–Crippen LogP) is 1.44. The summed E-state index contributed by atoms with van der Waals surface area (Å²) in [4.78, 5) is 0. The number of rotatable bonds is 6. The molecule has 1 aromatic rings. The Morgan fingerprint density at radius 2 is 1.95 bits per heavy atom. The molecule has 3 unspecified atom stereocenters. The fraction of sp³-hybridized carbons (Fsp3) is 0.600. The lowest BCUT2D eigenvalue weighted by atomic mass is 9.98. The standard InChI is InChI=1S/C15H23NO2S/c17-13-10-15(18)14(16-11-13)7-9-19-8-6-12-4-2-1-3-5-12/h1-5,13-18H,6-11H2. The maximum atomic E-state index is 9.84. The molecule has 0 spiro atoms. The second kappa shape index (κ2) is 7.90. The average molecular weight is 281 g/mol. The Balaban J connectivity index is 1.57. The molecular formula is C15H23NO2S. The summed E-state index contributed by atoms with van der Waals surface area (Å²) in [6, 6.07) is 10.7. The molecule has 0 radical (unpaired) electrons. The topological polar surface area (TPSA) is 52.5 Å². The zero-order valence-electron chi connectivity index (χ0n) is 11.2. The number of piperidine rings is 1. The Morgan fingerprint density at radius 1 is 1.16 bits per heavy atom. The number of aliphatic hydroxyl groups is 2. The van der Waals surface area contributed by atoms with Crippen molar-refractivity contribution in [2.24, 2.45) is 0 Å². The average Bonchev–Trinajstić information content (AvgIpc) is 2.42. The highest BCUT2D eigenvalue weighted by atomic mass is 32.2. The maximum Gasteiger partial charge on any atom is 0.0718 e. The number of hydrogen-bond donors (Lipinski definition) is 3. The number of aliphatic hydroxyl groups excluding tert-OH is 2. The van der Waals surface area contributed by atoms with Crippen molar-refractivity contribution in [1.82, 2.24) is 5.32 Å². The van der Waals surface area contributed by atoms with E-state index < -0.39 is 12.2 Å². The molecule has 0 aromatic heterocycles. The van der Waals surface area contributed by atoms with Crippen LogP contribution in [-0.4, -0.2) is 46.5 Å². The second-order valence-electron chi connectivity index (χ2n) is 5.11. The van der Waals surface area contributed by atoms with Gasteiger partial charge in [0.2, 0.25) is 0 Å². The molecular weight excluding hydrogens is 258 g/mol. The van der Waals surface area contributed by atoms with Crippen LogP contribution in [0.3, 0.4) is 0 Å². The molecule has 3 atom stereocenters. The number of hydrogen-bond acceptors (Lipinski definition) is 4. The van der Waals surface area contributed by atoms with Crippen molar-refractivity contribution in [3.63, 3.8) is 0 Å². The lowest BCUT2D eigenvalue weighted by Crippen LogP contribution is -2.50. The molecule has 3 N–H and O–H groups in total. The summed E-state index contributed by atoms with van der Waals surface area (Å²) in [6.07, 6.45) is 1.78. The van der Waals surface area contributed by atoms with Crippen LogP contribution in [0.15, 0.2) is 30.3 Å². The first-order valence-electron chi connectivity index (χ1n) is 6.97. The lowest BCUT2D eigenvalue weighted by molar-refractivity contribution is 0.0223. The van der Waals surface area contributed by atoms with Crippen LogP contribution in [-0.2, 0) is 6.42 Å². The Morgan fingerprint density at radius 3 is 2.68 bits per heavy atom. The van der Waals surface area contributed by atoms with E-state index in [1.807, 2.05) is 17.8 Å². The molecule has 1 saturated heterocycles. The third-order valence-electron chi connectivity index (χ3n) is 3.54. The normalized spacial score (nSPS) is 27.4. The Labute approximate surface area is 119 Å². The molecule has 1 aromatic carbocycles. The van der Waals surface area contributed by atoms with Gasteiger partial charge in [-0.25, -0.2) is 0 Å². The van der Waals surface area contributed by atoms with Crippen LogP contribution in [0.4, 0.5) is 0 Å². The van der Waals surface area contributed by atoms with Gasteiger partial charge in [0.15, 0.2) is 0 Å². The molecule has 106 valence electrons. The molecule has 3 nitrogen and oxygen atoms in total. The van der Waals surface area contributed by atoms with Crippen molar-refractivity contribution in [2.45, 2.75) is 37.5 Å². The van der Waals surface area contributed by atoms with E-state index in [4.69, 9.17) is 0 Å². The van der Waals surface area contributed by atoms with Crippen molar-refractivity contribution < 1.29 is 10.2 Å². The summed E-state index contributed by atoms with van der Waals surface area (Å²) in [5.41, 5.74) is 1.38. The molecule has 1 heterocycles. The van der Waals surface area contributed by atoms with E-state index in [9.17, 15) is 10.2 Å². The van der Waals surface area contributed by atoms with Gasteiger partial charge in [0, 0.05) is 19.0 Å². The monoisotopic (exact) mass is 281 g/mol. The zero-order chi connectivity index (χ0) is 13.5. The Hall–Kier alpha value is -0.550. The van der Waals surface area contributed by atoms with Gasteiger partial charge in [0.05, 0.1) is 12.2 Å². The molecule has 1 fully saturated rings. The van der Waals surface area contributed by atoms with Crippen LogP contribution in [0.2, 0.25) is 0 Å². The van der Waals surface area contributed by atoms with E-state index >= 15 is 0 Å². The van der Waals surface area contributed by atoms with Gasteiger partial charge in [-0.05, 0) is 29.9 Å².